The molecule has 1 aliphatic heterocycles. The van der Waals surface area contributed by atoms with Gasteiger partial charge in [-0.2, -0.15) is 0 Å². The van der Waals surface area contributed by atoms with Crippen LogP contribution in [0.25, 0.3) is 5.69 Å². The average molecular weight is 391 g/mol. The summed E-state index contributed by atoms with van der Waals surface area (Å²) in [5.41, 5.74) is 3.76. The van der Waals surface area contributed by atoms with Crippen LogP contribution in [0.2, 0.25) is 0 Å². The Kier molecular flexibility index (Phi) is 6.72. The van der Waals surface area contributed by atoms with E-state index in [0.29, 0.717) is 6.04 Å². The Hall–Kier alpha value is -2.47. The second-order valence-corrected chi connectivity index (χ2v) is 7.75. The van der Waals surface area contributed by atoms with Crippen LogP contribution >= 0.6 is 0 Å². The van der Waals surface area contributed by atoms with Crippen molar-refractivity contribution in [2.24, 2.45) is 0 Å². The molecule has 1 fully saturated rings. The van der Waals surface area contributed by atoms with Gasteiger partial charge in [0.15, 0.2) is 0 Å². The second-order valence-electron chi connectivity index (χ2n) is 7.75. The zero-order chi connectivity index (χ0) is 19.9. The molecule has 3 heterocycles. The van der Waals surface area contributed by atoms with Crippen LogP contribution in [0.3, 0.4) is 0 Å². The van der Waals surface area contributed by atoms with Gasteiger partial charge in [-0.25, -0.2) is 0 Å². The predicted octanol–water partition coefficient (Wildman–Crippen LogP) is 2.98. The molecule has 2 aromatic heterocycles. The molecule has 1 N–H and O–H groups in total. The Bertz CT molecular complexity index is 865. The summed E-state index contributed by atoms with van der Waals surface area (Å²) in [5.74, 6) is 0. The largest absolute Gasteiger partial charge is 0.396 e. The molecule has 5 nitrogen and oxygen atoms in total. The van der Waals surface area contributed by atoms with Gasteiger partial charge in [0.25, 0.3) is 0 Å². The van der Waals surface area contributed by atoms with Crippen molar-refractivity contribution in [3.8, 4) is 5.69 Å². The standard InChI is InChI=1S/C24H30N4O/c29-17-11-23-19-26(15-16-27(23)14-10-21-6-2-1-3-7-21)20-24-9-5-13-28(24)22-8-4-12-25-18-22/h1-9,12-13,18,23,29H,10-11,14-17,19-20H2/t23-/m0/s1. The Balaban J connectivity index is 1.38. The molecule has 3 aromatic rings. The first kappa shape index (κ1) is 19.8. The Morgan fingerprint density at radius 2 is 1.90 bits per heavy atom. The Morgan fingerprint density at radius 1 is 1.00 bits per heavy atom. The van der Waals surface area contributed by atoms with Gasteiger partial charge in [-0.15, -0.1) is 0 Å². The topological polar surface area (TPSA) is 44.5 Å². The van der Waals surface area contributed by atoms with Crippen LogP contribution in [0.15, 0.2) is 73.2 Å². The lowest BCUT2D eigenvalue weighted by atomic mass is 10.1. The summed E-state index contributed by atoms with van der Waals surface area (Å²) < 4.78 is 2.22. The number of rotatable bonds is 8. The lowest BCUT2D eigenvalue weighted by Crippen LogP contribution is -2.53. The molecule has 0 bridgehead atoms. The minimum atomic E-state index is 0.242. The first-order valence-electron chi connectivity index (χ1n) is 10.5. The molecular formula is C24H30N4O. The van der Waals surface area contributed by atoms with Crippen molar-refractivity contribution in [3.63, 3.8) is 0 Å². The second kappa shape index (κ2) is 9.83. The van der Waals surface area contributed by atoms with Crippen LogP contribution in [0.4, 0.5) is 0 Å². The first-order valence-corrected chi connectivity index (χ1v) is 10.5. The van der Waals surface area contributed by atoms with Crippen LogP contribution in [0, 0.1) is 0 Å². The summed E-state index contributed by atoms with van der Waals surface area (Å²) in [6, 6.07) is 19.4. The Morgan fingerprint density at radius 3 is 2.69 bits per heavy atom. The van der Waals surface area contributed by atoms with Gasteiger partial charge in [0.05, 0.1) is 11.9 Å². The molecule has 5 heteroatoms. The van der Waals surface area contributed by atoms with Gasteiger partial charge in [0.2, 0.25) is 0 Å². The quantitative estimate of drug-likeness (QED) is 0.642. The molecule has 0 unspecified atom stereocenters. The van der Waals surface area contributed by atoms with Crippen molar-refractivity contribution in [3.05, 3.63) is 84.4 Å². The normalized spacial score (nSPS) is 18.2. The van der Waals surface area contributed by atoms with Crippen molar-refractivity contribution in [1.82, 2.24) is 19.4 Å². The number of benzene rings is 1. The summed E-state index contributed by atoms with van der Waals surface area (Å²) in [7, 11) is 0. The van der Waals surface area contributed by atoms with Gasteiger partial charge in [0, 0.05) is 63.5 Å². The smallest absolute Gasteiger partial charge is 0.0636 e. The molecule has 1 saturated heterocycles. The SMILES string of the molecule is OCC[C@H]1CN(Cc2cccn2-c2cccnc2)CCN1CCc1ccccc1. The van der Waals surface area contributed by atoms with Crippen molar-refractivity contribution >= 4 is 0 Å². The molecule has 4 rings (SSSR count). The van der Waals surface area contributed by atoms with E-state index in [1.54, 1.807) is 6.20 Å². The van der Waals surface area contributed by atoms with Gasteiger partial charge in [-0.05, 0) is 42.7 Å². The maximum atomic E-state index is 9.60. The lowest BCUT2D eigenvalue weighted by Gasteiger charge is -2.41. The summed E-state index contributed by atoms with van der Waals surface area (Å²) in [6.45, 7) is 5.30. The van der Waals surface area contributed by atoms with Crippen LogP contribution in [0.5, 0.6) is 0 Å². The van der Waals surface area contributed by atoms with Crippen molar-refractivity contribution in [1.29, 1.82) is 0 Å². The van der Waals surface area contributed by atoms with Crippen LogP contribution < -0.4 is 0 Å². The lowest BCUT2D eigenvalue weighted by molar-refractivity contribution is 0.0554. The van der Waals surface area contributed by atoms with Gasteiger partial charge in [-0.3, -0.25) is 14.8 Å². The fourth-order valence-corrected chi connectivity index (χ4v) is 4.26. The van der Waals surface area contributed by atoms with Crippen molar-refractivity contribution in [2.75, 3.05) is 32.8 Å². The molecule has 0 amide bonds. The van der Waals surface area contributed by atoms with Crippen molar-refractivity contribution in [2.45, 2.75) is 25.4 Å². The van der Waals surface area contributed by atoms with E-state index in [1.165, 1.54) is 11.3 Å². The third-order valence-corrected chi connectivity index (χ3v) is 5.82. The number of hydrogen-bond donors (Lipinski definition) is 1. The highest BCUT2D eigenvalue weighted by molar-refractivity contribution is 5.32. The summed E-state index contributed by atoms with van der Waals surface area (Å²) in [4.78, 5) is 9.32. The molecule has 0 saturated carbocycles. The van der Waals surface area contributed by atoms with Crippen LogP contribution in [-0.4, -0.2) is 63.3 Å². The van der Waals surface area contributed by atoms with E-state index < -0.39 is 0 Å². The van der Waals surface area contributed by atoms with Crippen LogP contribution in [-0.2, 0) is 13.0 Å². The van der Waals surface area contributed by atoms with E-state index in [0.717, 1.165) is 51.3 Å². The van der Waals surface area contributed by atoms with Crippen molar-refractivity contribution < 1.29 is 5.11 Å². The third kappa shape index (κ3) is 5.12. The highest BCUT2D eigenvalue weighted by Gasteiger charge is 2.26. The molecule has 29 heavy (non-hydrogen) atoms. The molecule has 0 aliphatic carbocycles. The summed E-state index contributed by atoms with van der Waals surface area (Å²) >= 11 is 0. The molecular weight excluding hydrogens is 360 g/mol. The monoisotopic (exact) mass is 390 g/mol. The fraction of sp³-hybridized carbons (Fsp3) is 0.375. The molecule has 1 aromatic carbocycles. The summed E-state index contributed by atoms with van der Waals surface area (Å²) in [6.07, 6.45) is 7.70. The maximum absolute atomic E-state index is 9.60. The van der Waals surface area contributed by atoms with E-state index in [4.69, 9.17) is 0 Å². The minimum absolute atomic E-state index is 0.242. The highest BCUT2D eigenvalue weighted by atomic mass is 16.3. The first-order chi connectivity index (χ1) is 14.3. The molecule has 1 aliphatic rings. The number of pyridine rings is 1. The zero-order valence-electron chi connectivity index (χ0n) is 16.9. The molecule has 1 atom stereocenters. The Labute approximate surface area is 173 Å². The van der Waals surface area contributed by atoms with Gasteiger partial charge in [0.1, 0.15) is 0 Å². The maximum Gasteiger partial charge on any atom is 0.0636 e. The summed E-state index contributed by atoms with van der Waals surface area (Å²) in [5, 5.41) is 9.60. The highest BCUT2D eigenvalue weighted by Crippen LogP contribution is 2.19. The number of aromatic nitrogens is 2. The predicted molar refractivity (Wildman–Crippen MR) is 116 cm³/mol. The number of aliphatic hydroxyl groups excluding tert-OH is 1. The molecule has 0 radical (unpaired) electrons. The van der Waals surface area contributed by atoms with Gasteiger partial charge < -0.3 is 9.67 Å². The van der Waals surface area contributed by atoms with Gasteiger partial charge >= 0.3 is 0 Å². The minimum Gasteiger partial charge on any atom is -0.396 e. The fourth-order valence-electron chi connectivity index (χ4n) is 4.26. The number of aliphatic hydroxyl groups is 1. The van der Waals surface area contributed by atoms with E-state index in [2.05, 4.69) is 74.1 Å². The molecule has 152 valence electrons. The van der Waals surface area contributed by atoms with E-state index in [1.807, 2.05) is 12.3 Å². The molecule has 0 spiro atoms. The zero-order valence-corrected chi connectivity index (χ0v) is 16.9. The number of piperazine rings is 1. The van der Waals surface area contributed by atoms with Crippen LogP contribution in [0.1, 0.15) is 17.7 Å². The van der Waals surface area contributed by atoms with Gasteiger partial charge in [-0.1, -0.05) is 30.3 Å². The average Bonchev–Trinajstić information content (AvgIpc) is 3.23. The number of nitrogens with zero attached hydrogens (tertiary/aromatic N) is 4. The van der Waals surface area contributed by atoms with E-state index in [-0.39, 0.29) is 6.61 Å². The number of hydrogen-bond acceptors (Lipinski definition) is 4. The van der Waals surface area contributed by atoms with E-state index in [9.17, 15) is 5.11 Å². The van der Waals surface area contributed by atoms with E-state index >= 15 is 0 Å². The third-order valence-electron chi connectivity index (χ3n) is 5.82.